The number of pyridine rings is 2. The van der Waals surface area contributed by atoms with E-state index in [9.17, 15) is 9.59 Å². The first-order valence-electron chi connectivity index (χ1n) is 12.8. The van der Waals surface area contributed by atoms with Gasteiger partial charge in [-0.2, -0.15) is 5.10 Å². The molecule has 0 saturated heterocycles. The van der Waals surface area contributed by atoms with Crippen LogP contribution >= 0.6 is 0 Å². The third-order valence-corrected chi connectivity index (χ3v) is 8.05. The first-order chi connectivity index (χ1) is 18.6. The Hall–Kier alpha value is -3.57. The number of benzene rings is 1. The molecule has 0 spiro atoms. The molecule has 3 heterocycles. The van der Waals surface area contributed by atoms with E-state index in [-0.39, 0.29) is 42.7 Å². The quantitative estimate of drug-likeness (QED) is 0.157. The molecule has 0 saturated carbocycles. The molecule has 2 amide bonds. The second-order valence-corrected chi connectivity index (χ2v) is 16.3. The smallest absolute Gasteiger partial charge is 0.314 e. The zero-order valence-electron chi connectivity index (χ0n) is 23.1. The van der Waals surface area contributed by atoms with Gasteiger partial charge >= 0.3 is 11.8 Å². The molecule has 1 aromatic carbocycles. The molecule has 0 aliphatic heterocycles. The van der Waals surface area contributed by atoms with Gasteiger partial charge in [-0.25, -0.2) is 9.67 Å². The first kappa shape index (κ1) is 31.0. The van der Waals surface area contributed by atoms with E-state index in [1.54, 1.807) is 23.1 Å². The molecular formula is C28H35CuN7O3Si. The number of hydrogen-bond acceptors (Lipinski definition) is 7. The summed E-state index contributed by atoms with van der Waals surface area (Å²) >= 11 is 0. The van der Waals surface area contributed by atoms with Gasteiger partial charge in [0.05, 0.1) is 41.2 Å². The van der Waals surface area contributed by atoms with Gasteiger partial charge in [0.1, 0.15) is 12.5 Å². The molecule has 3 aromatic heterocycles. The molecule has 0 aliphatic rings. The Bertz CT molecular complexity index is 1460. The van der Waals surface area contributed by atoms with Crippen LogP contribution < -0.4 is 11.1 Å². The summed E-state index contributed by atoms with van der Waals surface area (Å²) in [5.41, 5.74) is 9.61. The fourth-order valence-corrected chi connectivity index (χ4v) is 4.80. The van der Waals surface area contributed by atoms with E-state index in [2.05, 4.69) is 40.0 Å². The van der Waals surface area contributed by atoms with Crippen molar-refractivity contribution in [2.75, 3.05) is 17.7 Å². The molecule has 0 fully saturated rings. The summed E-state index contributed by atoms with van der Waals surface area (Å²) in [6, 6.07) is 14.3. The molecule has 10 nitrogen and oxygen atoms in total. The van der Waals surface area contributed by atoms with E-state index in [0.29, 0.717) is 28.9 Å². The Kier molecular flexibility index (Phi) is 10.6. The number of carbonyl (C=O) groups excluding carboxylic acids is 2. The summed E-state index contributed by atoms with van der Waals surface area (Å²) in [6.07, 6.45) is 4.69. The molecular weight excluding hydrogens is 574 g/mol. The fraction of sp³-hybridized carbons (Fsp3) is 0.321. The molecule has 0 aliphatic carbocycles. The van der Waals surface area contributed by atoms with Gasteiger partial charge in [-0.3, -0.25) is 14.6 Å². The van der Waals surface area contributed by atoms with Gasteiger partial charge in [-0.1, -0.05) is 50.0 Å². The van der Waals surface area contributed by atoms with Crippen LogP contribution in [-0.4, -0.2) is 51.1 Å². The van der Waals surface area contributed by atoms with Crippen LogP contribution in [0.25, 0.3) is 10.9 Å². The van der Waals surface area contributed by atoms with Gasteiger partial charge in [0.15, 0.2) is 0 Å². The van der Waals surface area contributed by atoms with Crippen LogP contribution in [0.5, 0.6) is 0 Å². The summed E-state index contributed by atoms with van der Waals surface area (Å²) in [5.74, 6) is -1.20. The maximum Gasteiger partial charge on any atom is 0.314 e. The van der Waals surface area contributed by atoms with Crippen LogP contribution in [0.1, 0.15) is 16.8 Å². The monoisotopic (exact) mass is 608 g/mol. The summed E-state index contributed by atoms with van der Waals surface area (Å²) in [4.78, 5) is 36.8. The number of aromatic nitrogens is 4. The molecule has 0 unspecified atom stereocenters. The molecule has 4 rings (SSSR count). The van der Waals surface area contributed by atoms with Crippen LogP contribution in [0.2, 0.25) is 25.7 Å². The van der Waals surface area contributed by atoms with Gasteiger partial charge < -0.3 is 20.7 Å². The predicted octanol–water partition coefficient (Wildman–Crippen LogP) is 4.19. The third-order valence-electron chi connectivity index (χ3n) is 6.34. The topological polar surface area (TPSA) is 128 Å². The minimum Gasteiger partial charge on any atom is -0.383 e. The van der Waals surface area contributed by atoms with E-state index in [0.717, 1.165) is 17.2 Å². The minimum atomic E-state index is -1.25. The van der Waals surface area contributed by atoms with E-state index < -0.39 is 19.9 Å². The Morgan fingerprint density at radius 1 is 1.05 bits per heavy atom. The number of carbonyl (C=O) groups is 2. The third kappa shape index (κ3) is 7.98. The maximum absolute atomic E-state index is 13.5. The van der Waals surface area contributed by atoms with E-state index >= 15 is 0 Å². The van der Waals surface area contributed by atoms with E-state index in [1.807, 2.05) is 43.3 Å². The zero-order valence-corrected chi connectivity index (χ0v) is 25.1. The SMILES string of the molecule is Cc1ccccc1CN(Cc1ccccn1)C(=O)C(=O)Nc1cnc(N)c2cnn(COCC[Si](C)(C)C)c12.[Cu]. The second kappa shape index (κ2) is 13.7. The zero-order chi connectivity index (χ0) is 28.0. The Balaban J connectivity index is 0.00000441. The number of anilines is 2. The first-order valence-corrected chi connectivity index (χ1v) is 16.6. The number of nitrogen functional groups attached to an aromatic ring is 1. The molecule has 3 N–H and O–H groups in total. The van der Waals surface area contributed by atoms with Crippen molar-refractivity contribution in [3.05, 3.63) is 77.9 Å². The van der Waals surface area contributed by atoms with Gasteiger partial charge in [-0.15, -0.1) is 0 Å². The number of aryl methyl sites for hydroxylation is 1. The number of hydrogen-bond donors (Lipinski definition) is 2. The van der Waals surface area contributed by atoms with Crippen molar-refractivity contribution in [2.45, 2.75) is 52.4 Å². The van der Waals surface area contributed by atoms with Crippen molar-refractivity contribution in [3.8, 4) is 0 Å². The van der Waals surface area contributed by atoms with Gasteiger partial charge in [0.2, 0.25) is 0 Å². The van der Waals surface area contributed by atoms with Gasteiger partial charge in [0, 0.05) is 44.5 Å². The van der Waals surface area contributed by atoms with E-state index in [4.69, 9.17) is 10.5 Å². The van der Waals surface area contributed by atoms with Crippen molar-refractivity contribution in [1.29, 1.82) is 0 Å². The fourth-order valence-electron chi connectivity index (χ4n) is 4.04. The summed E-state index contributed by atoms with van der Waals surface area (Å²) in [5, 5.41) is 7.70. The Labute approximate surface area is 245 Å². The van der Waals surface area contributed by atoms with Crippen LogP contribution in [0.3, 0.4) is 0 Å². The van der Waals surface area contributed by atoms with E-state index in [1.165, 1.54) is 11.1 Å². The normalized spacial score (nSPS) is 11.2. The van der Waals surface area contributed by atoms with Crippen LogP contribution in [-0.2, 0) is 51.2 Å². The number of fused-ring (bicyclic) bond motifs is 1. The molecule has 4 aromatic rings. The summed E-state index contributed by atoms with van der Waals surface area (Å²) in [7, 11) is -1.25. The van der Waals surface area contributed by atoms with Gasteiger partial charge in [0.25, 0.3) is 0 Å². The van der Waals surface area contributed by atoms with Crippen molar-refractivity contribution >= 4 is 42.3 Å². The molecule has 0 atom stereocenters. The van der Waals surface area contributed by atoms with Crippen molar-refractivity contribution < 1.29 is 31.4 Å². The summed E-state index contributed by atoms with van der Waals surface area (Å²) < 4.78 is 7.49. The predicted molar refractivity (Wildman–Crippen MR) is 154 cm³/mol. The van der Waals surface area contributed by atoms with Crippen molar-refractivity contribution in [1.82, 2.24) is 24.6 Å². The average molecular weight is 609 g/mol. The van der Waals surface area contributed by atoms with Crippen LogP contribution in [0.15, 0.2) is 61.1 Å². The number of nitrogens with two attached hydrogens (primary N) is 1. The standard InChI is InChI=1S/C28H35N7O3Si.Cu/c1-20-9-5-6-10-21(20)17-34(18-22-11-7-8-12-30-22)28(37)27(36)33-24-16-31-26(29)23-15-32-35(25(23)24)19-38-13-14-39(2,3)4;/h5-12,15-16H,13-14,17-19H2,1-4H3,(H2,29,31)(H,33,36);. The Morgan fingerprint density at radius 2 is 1.80 bits per heavy atom. The molecule has 1 radical (unpaired) electrons. The summed E-state index contributed by atoms with van der Waals surface area (Å²) in [6.45, 7) is 10.1. The molecule has 215 valence electrons. The van der Waals surface area contributed by atoms with Crippen molar-refractivity contribution in [3.63, 3.8) is 0 Å². The number of ether oxygens (including phenoxy) is 1. The second-order valence-electron chi connectivity index (χ2n) is 10.7. The number of nitrogens with one attached hydrogen (secondary N) is 1. The minimum absolute atomic E-state index is 0. The largest absolute Gasteiger partial charge is 0.383 e. The number of nitrogens with zero attached hydrogens (tertiary/aromatic N) is 5. The average Bonchev–Trinajstić information content (AvgIpc) is 3.34. The van der Waals surface area contributed by atoms with Crippen LogP contribution in [0, 0.1) is 6.92 Å². The molecule has 12 heteroatoms. The Morgan fingerprint density at radius 3 is 2.50 bits per heavy atom. The molecule has 0 bridgehead atoms. The maximum atomic E-state index is 13.5. The number of rotatable bonds is 10. The van der Waals surface area contributed by atoms with Gasteiger partial charge in [-0.05, 0) is 36.2 Å². The number of amides is 2. The van der Waals surface area contributed by atoms with Crippen molar-refractivity contribution in [2.24, 2.45) is 0 Å². The van der Waals surface area contributed by atoms with Crippen LogP contribution in [0.4, 0.5) is 11.5 Å². The molecule has 40 heavy (non-hydrogen) atoms.